The molecule has 0 bridgehead atoms. The minimum Gasteiger partial charge on any atom is -0.480 e. The molecule has 0 aliphatic heterocycles. The van der Waals surface area contributed by atoms with Crippen LogP contribution < -0.4 is 5.32 Å². The molecule has 0 aliphatic rings. The Hall–Kier alpha value is -1.08. The number of aryl methyl sites for hydroxylation is 1. The monoisotopic (exact) mass is 274 g/mol. The second-order valence-corrected chi connectivity index (χ2v) is 5.25. The number of nitrogens with zero attached hydrogens (tertiary/aromatic N) is 1. The lowest BCUT2D eigenvalue weighted by atomic mass is 10.2. The van der Waals surface area contributed by atoms with Crippen LogP contribution in [-0.2, 0) is 4.79 Å². The van der Waals surface area contributed by atoms with E-state index in [1.54, 1.807) is 24.2 Å². The summed E-state index contributed by atoms with van der Waals surface area (Å²) in [5, 5.41) is 11.5. The van der Waals surface area contributed by atoms with Gasteiger partial charge in [-0.1, -0.05) is 0 Å². The smallest absolute Gasteiger partial charge is 0.326 e. The molecule has 1 atom stereocenters. The van der Waals surface area contributed by atoms with Crippen molar-refractivity contribution in [1.29, 1.82) is 0 Å². The Balaban J connectivity index is 2.64. The lowest BCUT2D eigenvalue weighted by molar-refractivity contribution is -0.139. The summed E-state index contributed by atoms with van der Waals surface area (Å²) in [6.07, 6.45) is 2.31. The number of rotatable bonds is 6. The highest BCUT2D eigenvalue weighted by Gasteiger charge is 2.21. The van der Waals surface area contributed by atoms with Crippen molar-refractivity contribution in [3.8, 4) is 0 Å². The van der Waals surface area contributed by atoms with E-state index in [1.807, 2.05) is 6.26 Å². The first-order chi connectivity index (χ1) is 8.06. The molecule has 0 radical (unpaired) electrons. The number of thiazole rings is 1. The van der Waals surface area contributed by atoms with Crippen molar-refractivity contribution < 1.29 is 14.7 Å². The average molecular weight is 274 g/mol. The van der Waals surface area contributed by atoms with Gasteiger partial charge in [0.15, 0.2) is 0 Å². The number of hydrogen-bond acceptors (Lipinski definition) is 5. The van der Waals surface area contributed by atoms with E-state index in [9.17, 15) is 9.59 Å². The lowest BCUT2D eigenvalue weighted by Gasteiger charge is -2.13. The molecule has 0 saturated heterocycles. The first kappa shape index (κ1) is 14.0. The first-order valence-electron chi connectivity index (χ1n) is 4.99. The molecule has 1 amide bonds. The molecule has 0 spiro atoms. The molecule has 17 heavy (non-hydrogen) atoms. The van der Waals surface area contributed by atoms with Crippen molar-refractivity contribution in [2.75, 3.05) is 12.0 Å². The highest BCUT2D eigenvalue weighted by molar-refractivity contribution is 7.98. The van der Waals surface area contributed by atoms with Crippen molar-refractivity contribution in [3.05, 3.63) is 16.1 Å². The molecule has 0 saturated carbocycles. The number of carbonyl (C=O) groups is 2. The van der Waals surface area contributed by atoms with Gasteiger partial charge in [0.2, 0.25) is 0 Å². The number of carboxylic acid groups (broad SMARTS) is 1. The topological polar surface area (TPSA) is 79.3 Å². The van der Waals surface area contributed by atoms with E-state index in [0.717, 1.165) is 0 Å². The molecule has 2 N–H and O–H groups in total. The quantitative estimate of drug-likeness (QED) is 0.819. The van der Waals surface area contributed by atoms with E-state index in [4.69, 9.17) is 5.11 Å². The molecule has 0 aliphatic carbocycles. The largest absolute Gasteiger partial charge is 0.480 e. The van der Waals surface area contributed by atoms with Crippen molar-refractivity contribution in [1.82, 2.24) is 10.3 Å². The minimum atomic E-state index is -1.01. The van der Waals surface area contributed by atoms with Gasteiger partial charge < -0.3 is 10.4 Å². The maximum Gasteiger partial charge on any atom is 0.326 e. The normalized spacial score (nSPS) is 12.1. The van der Waals surface area contributed by atoms with Crippen LogP contribution in [0.15, 0.2) is 5.51 Å². The zero-order valence-electron chi connectivity index (χ0n) is 9.60. The second-order valence-electron chi connectivity index (χ2n) is 3.41. The standard InChI is InChI=1S/C10H14N2O3S2/c1-6-8(17-5-11-6)9(13)12-7(10(14)15)3-4-16-2/h5,7H,3-4H2,1-2H3,(H,12,13)(H,14,15). The lowest BCUT2D eigenvalue weighted by Crippen LogP contribution is -2.41. The van der Waals surface area contributed by atoms with Gasteiger partial charge in [0.25, 0.3) is 5.91 Å². The molecule has 1 heterocycles. The fraction of sp³-hybridized carbons (Fsp3) is 0.500. The minimum absolute atomic E-state index is 0.362. The number of carbonyl (C=O) groups excluding carboxylic acids is 1. The number of aliphatic carboxylic acids is 1. The average Bonchev–Trinajstić information content (AvgIpc) is 2.70. The molecule has 0 aromatic carbocycles. The number of carboxylic acids is 1. The Morgan fingerprint density at radius 3 is 2.82 bits per heavy atom. The van der Waals surface area contributed by atoms with Gasteiger partial charge in [0.1, 0.15) is 10.9 Å². The van der Waals surface area contributed by atoms with E-state index in [1.165, 1.54) is 11.3 Å². The Kier molecular flexibility index (Phi) is 5.43. The summed E-state index contributed by atoms with van der Waals surface area (Å²) in [4.78, 5) is 27.2. The van der Waals surface area contributed by atoms with Crippen molar-refractivity contribution in [2.24, 2.45) is 0 Å². The Morgan fingerprint density at radius 2 is 2.35 bits per heavy atom. The van der Waals surface area contributed by atoms with Crippen LogP contribution in [0, 0.1) is 6.92 Å². The van der Waals surface area contributed by atoms with Crippen LogP contribution >= 0.6 is 23.1 Å². The molecule has 7 heteroatoms. The zero-order chi connectivity index (χ0) is 12.8. The second kappa shape index (κ2) is 6.61. The molecule has 1 unspecified atom stereocenters. The predicted octanol–water partition coefficient (Wildman–Crippen LogP) is 1.39. The van der Waals surface area contributed by atoms with E-state index < -0.39 is 12.0 Å². The van der Waals surface area contributed by atoms with E-state index in [0.29, 0.717) is 22.7 Å². The highest BCUT2D eigenvalue weighted by Crippen LogP contribution is 2.12. The molecule has 5 nitrogen and oxygen atoms in total. The van der Waals surface area contributed by atoms with Gasteiger partial charge in [-0.25, -0.2) is 9.78 Å². The molecule has 1 rings (SSSR count). The van der Waals surface area contributed by atoms with Gasteiger partial charge >= 0.3 is 5.97 Å². The summed E-state index contributed by atoms with van der Waals surface area (Å²) < 4.78 is 0. The van der Waals surface area contributed by atoms with E-state index in [-0.39, 0.29) is 5.91 Å². The molecular formula is C10H14N2O3S2. The van der Waals surface area contributed by atoms with Gasteiger partial charge in [-0.05, 0) is 25.4 Å². The SMILES string of the molecule is CSCCC(NC(=O)c1scnc1C)C(=O)O. The Bertz CT molecular complexity index is 406. The van der Waals surface area contributed by atoms with Crippen LogP contribution in [0.4, 0.5) is 0 Å². The van der Waals surface area contributed by atoms with Crippen LogP contribution in [-0.4, -0.2) is 40.0 Å². The third-order valence-electron chi connectivity index (χ3n) is 2.17. The van der Waals surface area contributed by atoms with Crippen LogP contribution in [0.1, 0.15) is 21.8 Å². The van der Waals surface area contributed by atoms with Gasteiger partial charge in [0.05, 0.1) is 11.2 Å². The van der Waals surface area contributed by atoms with E-state index >= 15 is 0 Å². The summed E-state index contributed by atoms with van der Waals surface area (Å²) in [7, 11) is 0. The number of thioether (sulfide) groups is 1. The van der Waals surface area contributed by atoms with Crippen LogP contribution in [0.25, 0.3) is 0 Å². The van der Waals surface area contributed by atoms with Gasteiger partial charge in [-0.3, -0.25) is 4.79 Å². The summed E-state index contributed by atoms with van der Waals surface area (Å²) in [5.74, 6) is -0.674. The van der Waals surface area contributed by atoms with Crippen LogP contribution in [0.5, 0.6) is 0 Å². The maximum absolute atomic E-state index is 11.8. The van der Waals surface area contributed by atoms with Crippen molar-refractivity contribution in [3.63, 3.8) is 0 Å². The van der Waals surface area contributed by atoms with Crippen molar-refractivity contribution in [2.45, 2.75) is 19.4 Å². The Morgan fingerprint density at radius 1 is 1.65 bits per heavy atom. The molecular weight excluding hydrogens is 260 g/mol. The highest BCUT2D eigenvalue weighted by atomic mass is 32.2. The first-order valence-corrected chi connectivity index (χ1v) is 7.26. The molecule has 94 valence electrons. The number of aromatic nitrogens is 1. The Labute approximate surface area is 108 Å². The van der Waals surface area contributed by atoms with Gasteiger partial charge in [0, 0.05) is 0 Å². The summed E-state index contributed by atoms with van der Waals surface area (Å²) in [6.45, 7) is 1.73. The molecule has 1 aromatic rings. The van der Waals surface area contributed by atoms with Gasteiger partial charge in [-0.2, -0.15) is 11.8 Å². The predicted molar refractivity (Wildman–Crippen MR) is 68.7 cm³/mol. The summed E-state index contributed by atoms with van der Waals surface area (Å²) in [5.41, 5.74) is 2.20. The summed E-state index contributed by atoms with van der Waals surface area (Å²) in [6, 6.07) is -0.837. The van der Waals surface area contributed by atoms with Gasteiger partial charge in [-0.15, -0.1) is 11.3 Å². The fourth-order valence-corrected chi connectivity index (χ4v) is 2.41. The molecule has 1 aromatic heterocycles. The summed E-state index contributed by atoms with van der Waals surface area (Å²) >= 11 is 2.76. The van der Waals surface area contributed by atoms with Crippen LogP contribution in [0.2, 0.25) is 0 Å². The maximum atomic E-state index is 11.8. The van der Waals surface area contributed by atoms with E-state index in [2.05, 4.69) is 10.3 Å². The fourth-order valence-electron chi connectivity index (χ4n) is 1.24. The third kappa shape index (κ3) is 4.01. The number of nitrogens with one attached hydrogen (secondary N) is 1. The third-order valence-corrected chi connectivity index (χ3v) is 3.74. The zero-order valence-corrected chi connectivity index (χ0v) is 11.2. The van der Waals surface area contributed by atoms with Crippen LogP contribution in [0.3, 0.4) is 0 Å². The number of amides is 1. The molecule has 0 fully saturated rings. The van der Waals surface area contributed by atoms with Crippen molar-refractivity contribution >= 4 is 35.0 Å². The number of hydrogen-bond donors (Lipinski definition) is 2.